The molecular formula is C20H33N3O4. The molecule has 0 aromatic rings. The van der Waals surface area contributed by atoms with E-state index in [1.165, 1.54) is 18.4 Å². The summed E-state index contributed by atoms with van der Waals surface area (Å²) in [7, 11) is 0. The highest BCUT2D eigenvalue weighted by atomic mass is 16.6. The second-order valence-electron chi connectivity index (χ2n) is 8.44. The minimum absolute atomic E-state index is 0.0974. The Morgan fingerprint density at radius 3 is 2.33 bits per heavy atom. The molecule has 0 radical (unpaired) electrons. The van der Waals surface area contributed by atoms with Gasteiger partial charge in [-0.15, -0.1) is 0 Å². The molecule has 1 heterocycles. The summed E-state index contributed by atoms with van der Waals surface area (Å²) in [5.74, 6) is 0.264. The molecule has 7 nitrogen and oxygen atoms in total. The number of carbonyl (C=O) groups excluding carboxylic acids is 3. The number of amides is 3. The molecule has 0 unspecified atom stereocenters. The molecule has 7 heteroatoms. The van der Waals surface area contributed by atoms with Crippen molar-refractivity contribution in [2.45, 2.75) is 64.9 Å². The van der Waals surface area contributed by atoms with E-state index in [1.54, 1.807) is 20.8 Å². The summed E-state index contributed by atoms with van der Waals surface area (Å²) in [5.41, 5.74) is 0.700. The highest BCUT2D eigenvalue weighted by Crippen LogP contribution is 2.24. The van der Waals surface area contributed by atoms with Crippen LogP contribution in [0.4, 0.5) is 4.79 Å². The second-order valence-corrected chi connectivity index (χ2v) is 8.44. The molecule has 152 valence electrons. The van der Waals surface area contributed by atoms with Gasteiger partial charge in [-0.2, -0.15) is 0 Å². The number of alkyl carbamates (subject to hydrolysis) is 1. The standard InChI is InChI=1S/C20H33N3O4/c1-20(2,3)27-19(26)22-14-17(24)21-13-16-8-10-23(11-9-16)18(25)12-15-6-4-5-7-15/h12,16H,4-11,13-14H2,1-3H3,(H,21,24)(H,22,26). The highest BCUT2D eigenvalue weighted by molar-refractivity contribution is 5.88. The number of nitrogens with one attached hydrogen (secondary N) is 2. The molecule has 2 aliphatic rings. The van der Waals surface area contributed by atoms with Crippen LogP contribution in [0, 0.1) is 5.92 Å². The van der Waals surface area contributed by atoms with Gasteiger partial charge < -0.3 is 20.3 Å². The number of hydrogen-bond donors (Lipinski definition) is 2. The first-order chi connectivity index (χ1) is 12.7. The molecule has 2 N–H and O–H groups in total. The molecule has 1 aliphatic carbocycles. The van der Waals surface area contributed by atoms with Crippen LogP contribution in [0.5, 0.6) is 0 Å². The zero-order valence-corrected chi connectivity index (χ0v) is 16.8. The third-order valence-corrected chi connectivity index (χ3v) is 4.88. The number of ether oxygens (including phenoxy) is 1. The minimum atomic E-state index is -0.596. The lowest BCUT2D eigenvalue weighted by atomic mass is 9.96. The smallest absolute Gasteiger partial charge is 0.408 e. The van der Waals surface area contributed by atoms with Gasteiger partial charge in [0.05, 0.1) is 6.54 Å². The van der Waals surface area contributed by atoms with E-state index in [2.05, 4.69) is 10.6 Å². The molecule has 0 aromatic carbocycles. The van der Waals surface area contributed by atoms with E-state index in [4.69, 9.17) is 4.74 Å². The maximum Gasteiger partial charge on any atom is 0.408 e. The maximum atomic E-state index is 12.3. The number of likely N-dealkylation sites (tertiary alicyclic amines) is 1. The van der Waals surface area contributed by atoms with Gasteiger partial charge in [0.1, 0.15) is 5.60 Å². The average molecular weight is 380 g/mol. The Kier molecular flexibility index (Phi) is 7.68. The zero-order valence-electron chi connectivity index (χ0n) is 16.8. The second kappa shape index (κ2) is 9.76. The zero-order chi connectivity index (χ0) is 19.9. The fourth-order valence-electron chi connectivity index (χ4n) is 3.38. The molecule has 27 heavy (non-hydrogen) atoms. The van der Waals surface area contributed by atoms with E-state index in [0.717, 1.165) is 38.8 Å². The Morgan fingerprint density at radius 2 is 1.74 bits per heavy atom. The molecule has 0 aromatic heterocycles. The molecule has 1 saturated carbocycles. The third kappa shape index (κ3) is 8.01. The van der Waals surface area contributed by atoms with Crippen molar-refractivity contribution < 1.29 is 19.1 Å². The number of carbonyl (C=O) groups is 3. The van der Waals surface area contributed by atoms with Gasteiger partial charge in [-0.1, -0.05) is 5.57 Å². The van der Waals surface area contributed by atoms with E-state index in [1.807, 2.05) is 11.0 Å². The Labute approximate surface area is 161 Å². The monoisotopic (exact) mass is 379 g/mol. The summed E-state index contributed by atoms with van der Waals surface area (Å²) in [4.78, 5) is 37.6. The van der Waals surface area contributed by atoms with Crippen LogP contribution in [0.25, 0.3) is 0 Å². The first-order valence-electron chi connectivity index (χ1n) is 9.95. The van der Waals surface area contributed by atoms with E-state index in [9.17, 15) is 14.4 Å². The maximum absolute atomic E-state index is 12.3. The third-order valence-electron chi connectivity index (χ3n) is 4.88. The van der Waals surface area contributed by atoms with Gasteiger partial charge in [-0.05, 0) is 65.2 Å². The Hall–Kier alpha value is -2.05. The van der Waals surface area contributed by atoms with Crippen LogP contribution < -0.4 is 10.6 Å². The number of piperidine rings is 1. The van der Waals surface area contributed by atoms with Crippen LogP contribution in [-0.4, -0.2) is 54.6 Å². The van der Waals surface area contributed by atoms with Gasteiger partial charge in [-0.25, -0.2) is 4.79 Å². The highest BCUT2D eigenvalue weighted by Gasteiger charge is 2.23. The normalized spacial score (nSPS) is 18.2. The number of allylic oxidation sites excluding steroid dienone is 1. The van der Waals surface area contributed by atoms with E-state index < -0.39 is 11.7 Å². The van der Waals surface area contributed by atoms with Gasteiger partial charge in [0.25, 0.3) is 0 Å². The number of nitrogens with zero attached hydrogens (tertiary/aromatic N) is 1. The predicted octanol–water partition coefficient (Wildman–Crippen LogP) is 2.37. The Morgan fingerprint density at radius 1 is 1.11 bits per heavy atom. The van der Waals surface area contributed by atoms with Crippen molar-refractivity contribution >= 4 is 17.9 Å². The van der Waals surface area contributed by atoms with E-state index >= 15 is 0 Å². The first kappa shape index (κ1) is 21.3. The van der Waals surface area contributed by atoms with Crippen LogP contribution >= 0.6 is 0 Å². The summed E-state index contributed by atoms with van der Waals surface area (Å²) >= 11 is 0. The van der Waals surface area contributed by atoms with Crippen molar-refractivity contribution in [3.05, 3.63) is 11.6 Å². The van der Waals surface area contributed by atoms with E-state index in [-0.39, 0.29) is 18.4 Å². The molecule has 0 spiro atoms. The van der Waals surface area contributed by atoms with Gasteiger partial charge in [-0.3, -0.25) is 9.59 Å². The summed E-state index contributed by atoms with van der Waals surface area (Å²) in [6, 6.07) is 0. The molecule has 0 bridgehead atoms. The van der Waals surface area contributed by atoms with E-state index in [0.29, 0.717) is 12.5 Å². The van der Waals surface area contributed by atoms with Gasteiger partial charge in [0.2, 0.25) is 11.8 Å². The lowest BCUT2D eigenvalue weighted by molar-refractivity contribution is -0.127. The summed E-state index contributed by atoms with van der Waals surface area (Å²) in [6.45, 7) is 7.26. The molecule has 0 atom stereocenters. The molecule has 2 rings (SSSR count). The fourth-order valence-corrected chi connectivity index (χ4v) is 3.38. The Balaban J connectivity index is 1.61. The SMILES string of the molecule is CC(C)(C)OC(=O)NCC(=O)NCC1CCN(C(=O)C=C2CCCC2)CC1. The first-order valence-corrected chi connectivity index (χ1v) is 9.95. The van der Waals surface area contributed by atoms with Crippen LogP contribution in [-0.2, 0) is 14.3 Å². The molecule has 2 fully saturated rings. The van der Waals surface area contributed by atoms with Crippen molar-refractivity contribution in [3.8, 4) is 0 Å². The van der Waals surface area contributed by atoms with Crippen LogP contribution in [0.1, 0.15) is 59.3 Å². The molecule has 1 saturated heterocycles. The van der Waals surface area contributed by atoms with Crippen molar-refractivity contribution in [1.29, 1.82) is 0 Å². The predicted molar refractivity (Wildman–Crippen MR) is 103 cm³/mol. The van der Waals surface area contributed by atoms with Crippen LogP contribution in [0.15, 0.2) is 11.6 Å². The van der Waals surface area contributed by atoms with Gasteiger partial charge in [0.15, 0.2) is 0 Å². The van der Waals surface area contributed by atoms with Crippen molar-refractivity contribution in [3.63, 3.8) is 0 Å². The summed E-state index contributed by atoms with van der Waals surface area (Å²) in [5, 5.41) is 5.30. The minimum Gasteiger partial charge on any atom is -0.444 e. The van der Waals surface area contributed by atoms with Crippen molar-refractivity contribution in [1.82, 2.24) is 15.5 Å². The molecule has 1 aliphatic heterocycles. The van der Waals surface area contributed by atoms with Crippen LogP contribution in [0.2, 0.25) is 0 Å². The van der Waals surface area contributed by atoms with Crippen molar-refractivity contribution in [2.24, 2.45) is 5.92 Å². The lowest BCUT2D eigenvalue weighted by Crippen LogP contribution is -2.43. The largest absolute Gasteiger partial charge is 0.444 e. The topological polar surface area (TPSA) is 87.7 Å². The lowest BCUT2D eigenvalue weighted by Gasteiger charge is -2.31. The number of hydrogen-bond acceptors (Lipinski definition) is 4. The quantitative estimate of drug-likeness (QED) is 0.718. The average Bonchev–Trinajstić information content (AvgIpc) is 3.10. The fraction of sp³-hybridized carbons (Fsp3) is 0.750. The Bertz CT molecular complexity index is 564. The van der Waals surface area contributed by atoms with Gasteiger partial charge in [0, 0.05) is 25.7 Å². The number of rotatable bonds is 5. The molecule has 3 amide bonds. The summed E-state index contributed by atoms with van der Waals surface area (Å²) in [6.07, 6.45) is 7.52. The van der Waals surface area contributed by atoms with Crippen molar-refractivity contribution in [2.75, 3.05) is 26.2 Å². The summed E-state index contributed by atoms with van der Waals surface area (Å²) < 4.78 is 5.09. The molecular weight excluding hydrogens is 346 g/mol. The van der Waals surface area contributed by atoms with Gasteiger partial charge >= 0.3 is 6.09 Å². The van der Waals surface area contributed by atoms with Crippen LogP contribution in [0.3, 0.4) is 0 Å².